The predicted octanol–water partition coefficient (Wildman–Crippen LogP) is 4.46. The van der Waals surface area contributed by atoms with E-state index in [0.717, 1.165) is 24.0 Å². The third-order valence-corrected chi connectivity index (χ3v) is 5.75. The van der Waals surface area contributed by atoms with Crippen molar-refractivity contribution in [3.8, 4) is 0 Å². The first-order chi connectivity index (χ1) is 16.6. The van der Waals surface area contributed by atoms with Crippen molar-refractivity contribution in [2.24, 2.45) is 5.92 Å². The van der Waals surface area contributed by atoms with Gasteiger partial charge in [0.2, 0.25) is 5.91 Å². The summed E-state index contributed by atoms with van der Waals surface area (Å²) in [5, 5.41) is 2.83. The molecule has 1 aliphatic carbocycles. The molecule has 0 bridgehead atoms. The minimum Gasteiger partial charge on any atom is -0.452 e. The lowest BCUT2D eigenvalue weighted by Gasteiger charge is -2.23. The van der Waals surface area contributed by atoms with Crippen LogP contribution in [0.5, 0.6) is 0 Å². The lowest BCUT2D eigenvalue weighted by atomic mass is 10.1. The van der Waals surface area contributed by atoms with Crippen LogP contribution in [0.3, 0.4) is 0 Å². The Morgan fingerprint density at radius 1 is 0.824 bits per heavy atom. The zero-order valence-corrected chi connectivity index (χ0v) is 19.0. The van der Waals surface area contributed by atoms with Crippen LogP contribution in [-0.4, -0.2) is 35.8 Å². The summed E-state index contributed by atoms with van der Waals surface area (Å²) in [6.45, 7) is 0.630. The number of nitrogens with one attached hydrogen (secondary N) is 1. The minimum atomic E-state index is -0.573. The van der Waals surface area contributed by atoms with Crippen molar-refractivity contribution in [1.82, 2.24) is 4.90 Å². The van der Waals surface area contributed by atoms with E-state index in [4.69, 9.17) is 4.74 Å². The van der Waals surface area contributed by atoms with Gasteiger partial charge in [0.05, 0.1) is 5.56 Å². The molecule has 4 rings (SSSR count). The van der Waals surface area contributed by atoms with Gasteiger partial charge in [-0.3, -0.25) is 9.59 Å². The van der Waals surface area contributed by atoms with Crippen LogP contribution in [0, 0.1) is 5.92 Å². The number of hydrogen-bond donors (Lipinski definition) is 1. The summed E-state index contributed by atoms with van der Waals surface area (Å²) >= 11 is 0. The fourth-order valence-electron chi connectivity index (χ4n) is 3.59. The molecule has 0 unspecified atom stereocenters. The van der Waals surface area contributed by atoms with Crippen LogP contribution < -0.4 is 5.32 Å². The lowest BCUT2D eigenvalue weighted by Crippen LogP contribution is -2.35. The van der Waals surface area contributed by atoms with Gasteiger partial charge < -0.3 is 15.0 Å². The molecule has 0 heterocycles. The summed E-state index contributed by atoms with van der Waals surface area (Å²) in [4.78, 5) is 39.0. The average molecular weight is 457 g/mol. The van der Waals surface area contributed by atoms with Gasteiger partial charge in [-0.2, -0.15) is 0 Å². The SMILES string of the molecule is O=C(OCC(=O)N(CCc1ccccc1)Cc1ccccc1)c1ccc(NC(=O)C2CC2)cc1. The van der Waals surface area contributed by atoms with Crippen LogP contribution in [0.25, 0.3) is 0 Å². The maximum Gasteiger partial charge on any atom is 0.338 e. The van der Waals surface area contributed by atoms with E-state index in [1.165, 1.54) is 0 Å². The Bertz CT molecular complexity index is 1110. The molecule has 3 aromatic rings. The Kier molecular flexibility index (Phi) is 7.71. The van der Waals surface area contributed by atoms with E-state index >= 15 is 0 Å². The molecule has 0 aromatic heterocycles. The summed E-state index contributed by atoms with van der Waals surface area (Å²) in [5.41, 5.74) is 3.12. The molecule has 6 nitrogen and oxygen atoms in total. The molecule has 3 aromatic carbocycles. The number of rotatable bonds is 10. The van der Waals surface area contributed by atoms with Crippen molar-refractivity contribution in [1.29, 1.82) is 0 Å². The van der Waals surface area contributed by atoms with Gasteiger partial charge in [0.25, 0.3) is 5.91 Å². The van der Waals surface area contributed by atoms with Crippen LogP contribution in [0.2, 0.25) is 0 Å². The fourth-order valence-corrected chi connectivity index (χ4v) is 3.59. The molecule has 2 amide bonds. The van der Waals surface area contributed by atoms with Gasteiger partial charge in [-0.1, -0.05) is 60.7 Å². The van der Waals surface area contributed by atoms with Crippen molar-refractivity contribution in [2.45, 2.75) is 25.8 Å². The smallest absolute Gasteiger partial charge is 0.338 e. The molecular weight excluding hydrogens is 428 g/mol. The molecule has 1 fully saturated rings. The van der Waals surface area contributed by atoms with Crippen molar-refractivity contribution in [3.63, 3.8) is 0 Å². The van der Waals surface area contributed by atoms with Crippen LogP contribution in [0.15, 0.2) is 84.9 Å². The average Bonchev–Trinajstić information content (AvgIpc) is 3.72. The number of nitrogens with zero attached hydrogens (tertiary/aromatic N) is 1. The largest absolute Gasteiger partial charge is 0.452 e. The highest BCUT2D eigenvalue weighted by Gasteiger charge is 2.29. The van der Waals surface area contributed by atoms with Crippen LogP contribution in [-0.2, 0) is 27.3 Å². The number of hydrogen-bond acceptors (Lipinski definition) is 4. The zero-order chi connectivity index (χ0) is 23.8. The van der Waals surface area contributed by atoms with E-state index in [-0.39, 0.29) is 24.3 Å². The van der Waals surface area contributed by atoms with E-state index in [1.54, 1.807) is 29.2 Å². The Balaban J connectivity index is 1.33. The van der Waals surface area contributed by atoms with Crippen LogP contribution >= 0.6 is 0 Å². The third kappa shape index (κ3) is 6.78. The highest BCUT2D eigenvalue weighted by atomic mass is 16.5. The first kappa shape index (κ1) is 23.2. The van der Waals surface area contributed by atoms with E-state index < -0.39 is 5.97 Å². The second kappa shape index (κ2) is 11.3. The van der Waals surface area contributed by atoms with Gasteiger partial charge in [-0.05, 0) is 54.7 Å². The standard InChI is InChI=1S/C28H28N2O4/c31-26(20-34-28(33)24-13-15-25(16-14-24)29-27(32)23-11-12-23)30(19-22-9-5-2-6-10-22)18-17-21-7-3-1-4-8-21/h1-10,13-16,23H,11-12,17-20H2,(H,29,32). The topological polar surface area (TPSA) is 75.7 Å². The van der Waals surface area contributed by atoms with Gasteiger partial charge in [0, 0.05) is 24.7 Å². The monoisotopic (exact) mass is 456 g/mol. The predicted molar refractivity (Wildman–Crippen MR) is 130 cm³/mol. The number of benzene rings is 3. The molecule has 0 saturated heterocycles. The molecule has 0 atom stereocenters. The van der Waals surface area contributed by atoms with Crippen molar-refractivity contribution in [2.75, 3.05) is 18.5 Å². The number of ether oxygens (including phenoxy) is 1. The normalized spacial score (nSPS) is 12.6. The second-order valence-electron chi connectivity index (χ2n) is 8.45. The van der Waals surface area contributed by atoms with Crippen molar-refractivity contribution in [3.05, 3.63) is 102 Å². The van der Waals surface area contributed by atoms with E-state index in [9.17, 15) is 14.4 Å². The maximum atomic E-state index is 13.0. The van der Waals surface area contributed by atoms with E-state index in [0.29, 0.717) is 30.8 Å². The van der Waals surface area contributed by atoms with E-state index in [1.807, 2.05) is 60.7 Å². The van der Waals surface area contributed by atoms with Gasteiger partial charge in [-0.15, -0.1) is 0 Å². The highest BCUT2D eigenvalue weighted by molar-refractivity contribution is 5.95. The van der Waals surface area contributed by atoms with Gasteiger partial charge in [0.15, 0.2) is 6.61 Å². The Hall–Kier alpha value is -3.93. The molecule has 1 aliphatic rings. The molecular formula is C28H28N2O4. The molecule has 1 N–H and O–H groups in total. The van der Waals surface area contributed by atoms with Crippen LogP contribution in [0.1, 0.15) is 34.3 Å². The highest BCUT2D eigenvalue weighted by Crippen LogP contribution is 2.30. The molecule has 174 valence electrons. The minimum absolute atomic E-state index is 0.00920. The summed E-state index contributed by atoms with van der Waals surface area (Å²) in [6.07, 6.45) is 2.56. The first-order valence-electron chi connectivity index (χ1n) is 11.5. The third-order valence-electron chi connectivity index (χ3n) is 5.75. The molecule has 1 saturated carbocycles. The zero-order valence-electron chi connectivity index (χ0n) is 19.0. The van der Waals surface area contributed by atoms with Crippen LogP contribution in [0.4, 0.5) is 5.69 Å². The lowest BCUT2D eigenvalue weighted by molar-refractivity contribution is -0.135. The van der Waals surface area contributed by atoms with Crippen molar-refractivity contribution < 1.29 is 19.1 Å². The van der Waals surface area contributed by atoms with Gasteiger partial charge in [0.1, 0.15) is 0 Å². The molecule has 6 heteroatoms. The summed E-state index contributed by atoms with van der Waals surface area (Å²) < 4.78 is 5.31. The van der Waals surface area contributed by atoms with E-state index in [2.05, 4.69) is 5.32 Å². The van der Waals surface area contributed by atoms with Gasteiger partial charge in [-0.25, -0.2) is 4.79 Å². The number of carbonyl (C=O) groups is 3. The Morgan fingerprint density at radius 2 is 1.44 bits per heavy atom. The number of carbonyl (C=O) groups excluding carboxylic acids is 3. The molecule has 34 heavy (non-hydrogen) atoms. The summed E-state index contributed by atoms with van der Waals surface area (Å²) in [7, 11) is 0. The molecule has 0 spiro atoms. The number of esters is 1. The van der Waals surface area contributed by atoms with Gasteiger partial charge >= 0.3 is 5.97 Å². The number of anilines is 1. The number of amides is 2. The summed E-state index contributed by atoms with van der Waals surface area (Å²) in [6, 6.07) is 26.2. The van der Waals surface area contributed by atoms with Crippen molar-refractivity contribution >= 4 is 23.5 Å². The Morgan fingerprint density at radius 3 is 2.06 bits per heavy atom. The first-order valence-corrected chi connectivity index (χ1v) is 11.5. The second-order valence-corrected chi connectivity index (χ2v) is 8.45. The Labute approximate surface area is 199 Å². The quantitative estimate of drug-likeness (QED) is 0.457. The summed E-state index contributed by atoms with van der Waals surface area (Å²) in [5.74, 6) is -0.705. The fraction of sp³-hybridized carbons (Fsp3) is 0.250. The maximum absolute atomic E-state index is 13.0. The molecule has 0 aliphatic heterocycles. The molecule has 0 radical (unpaired) electrons.